The summed E-state index contributed by atoms with van der Waals surface area (Å²) in [5.74, 6) is 0. The minimum atomic E-state index is 0. The predicted octanol–water partition coefficient (Wildman–Crippen LogP) is 2.14. The van der Waals surface area contributed by atoms with Crippen LogP contribution in [0, 0.1) is 5.41 Å². The quantitative estimate of drug-likeness (QED) is 0.895. The number of likely N-dealkylation sites (tertiary alicyclic amines) is 1. The molecule has 96 valence electrons. The second-order valence-corrected chi connectivity index (χ2v) is 6.12. The maximum Gasteiger partial charge on any atom is 0.107 e. The molecule has 1 aromatic heterocycles. The van der Waals surface area contributed by atoms with E-state index in [-0.39, 0.29) is 12.4 Å². The number of thiazole rings is 1. The van der Waals surface area contributed by atoms with Crippen LogP contribution in [-0.4, -0.2) is 36.1 Å². The van der Waals surface area contributed by atoms with Gasteiger partial charge in [0.05, 0.1) is 6.54 Å². The van der Waals surface area contributed by atoms with Crippen LogP contribution < -0.4 is 5.32 Å². The number of aromatic nitrogens is 1. The Morgan fingerprint density at radius 1 is 1.35 bits per heavy atom. The lowest BCUT2D eigenvalue weighted by Gasteiger charge is -2.33. The van der Waals surface area contributed by atoms with E-state index in [2.05, 4.69) is 20.6 Å². The summed E-state index contributed by atoms with van der Waals surface area (Å²) in [4.78, 5) is 6.97. The van der Waals surface area contributed by atoms with Crippen molar-refractivity contribution in [1.29, 1.82) is 0 Å². The van der Waals surface area contributed by atoms with Gasteiger partial charge in [0.15, 0.2) is 0 Å². The zero-order valence-corrected chi connectivity index (χ0v) is 11.7. The topological polar surface area (TPSA) is 28.2 Å². The fourth-order valence-electron chi connectivity index (χ4n) is 3.05. The Balaban J connectivity index is 0.00000108. The van der Waals surface area contributed by atoms with Crippen LogP contribution in [0.15, 0.2) is 11.6 Å². The molecule has 0 unspecified atom stereocenters. The fourth-order valence-corrected chi connectivity index (χ4v) is 3.71. The number of nitrogens with zero attached hydrogens (tertiary/aromatic N) is 2. The fraction of sp³-hybridized carbons (Fsp3) is 0.750. The van der Waals surface area contributed by atoms with Gasteiger partial charge in [-0.15, -0.1) is 23.7 Å². The van der Waals surface area contributed by atoms with Crippen LogP contribution >= 0.6 is 23.7 Å². The van der Waals surface area contributed by atoms with Gasteiger partial charge in [0.1, 0.15) is 5.01 Å². The molecule has 2 saturated heterocycles. The minimum Gasteiger partial charge on any atom is -0.317 e. The summed E-state index contributed by atoms with van der Waals surface area (Å²) in [5, 5.41) is 6.81. The molecule has 1 N–H and O–H groups in total. The molecule has 0 saturated carbocycles. The first kappa shape index (κ1) is 13.3. The van der Waals surface area contributed by atoms with Crippen LogP contribution in [0.1, 0.15) is 24.3 Å². The highest BCUT2D eigenvalue weighted by Crippen LogP contribution is 2.38. The summed E-state index contributed by atoms with van der Waals surface area (Å²) in [6, 6.07) is 0. The second kappa shape index (κ2) is 5.65. The minimum absolute atomic E-state index is 0. The van der Waals surface area contributed by atoms with Crippen molar-refractivity contribution in [2.24, 2.45) is 5.41 Å². The second-order valence-electron chi connectivity index (χ2n) is 5.14. The van der Waals surface area contributed by atoms with E-state index < -0.39 is 0 Å². The number of rotatable bonds is 2. The van der Waals surface area contributed by atoms with Crippen molar-refractivity contribution in [3.63, 3.8) is 0 Å². The highest BCUT2D eigenvalue weighted by molar-refractivity contribution is 7.09. The van der Waals surface area contributed by atoms with Gasteiger partial charge in [0.2, 0.25) is 0 Å². The van der Waals surface area contributed by atoms with E-state index in [0.717, 1.165) is 6.54 Å². The molecular weight excluding hydrogens is 254 g/mol. The van der Waals surface area contributed by atoms with Crippen molar-refractivity contribution in [1.82, 2.24) is 15.2 Å². The monoisotopic (exact) mass is 273 g/mol. The molecule has 5 heteroatoms. The maximum absolute atomic E-state index is 4.38. The largest absolute Gasteiger partial charge is 0.317 e. The smallest absolute Gasteiger partial charge is 0.107 e. The zero-order chi connectivity index (χ0) is 10.8. The molecule has 0 radical (unpaired) electrons. The van der Waals surface area contributed by atoms with Gasteiger partial charge in [-0.1, -0.05) is 0 Å². The predicted molar refractivity (Wildman–Crippen MR) is 73.8 cm³/mol. The molecule has 0 aromatic carbocycles. The van der Waals surface area contributed by atoms with Crippen molar-refractivity contribution in [3.05, 3.63) is 16.6 Å². The van der Waals surface area contributed by atoms with Gasteiger partial charge in [-0.25, -0.2) is 4.98 Å². The Hall–Kier alpha value is -0.160. The Morgan fingerprint density at radius 3 is 2.88 bits per heavy atom. The number of hydrogen-bond donors (Lipinski definition) is 1. The number of hydrogen-bond acceptors (Lipinski definition) is 4. The molecule has 0 aliphatic carbocycles. The normalized spacial score (nSPS) is 23.8. The summed E-state index contributed by atoms with van der Waals surface area (Å²) in [5.41, 5.74) is 0.627. The van der Waals surface area contributed by atoms with Crippen molar-refractivity contribution < 1.29 is 0 Å². The Morgan fingerprint density at radius 2 is 2.18 bits per heavy atom. The summed E-state index contributed by atoms with van der Waals surface area (Å²) in [7, 11) is 0. The van der Waals surface area contributed by atoms with Crippen LogP contribution in [0.5, 0.6) is 0 Å². The molecule has 0 bridgehead atoms. The van der Waals surface area contributed by atoms with E-state index in [9.17, 15) is 0 Å². The maximum atomic E-state index is 4.38. The first-order valence-electron chi connectivity index (χ1n) is 6.18. The summed E-state index contributed by atoms with van der Waals surface area (Å²) >= 11 is 1.78. The number of piperidine rings is 1. The highest BCUT2D eigenvalue weighted by Gasteiger charge is 2.38. The third-order valence-electron chi connectivity index (χ3n) is 4.02. The van der Waals surface area contributed by atoms with Gasteiger partial charge in [-0.2, -0.15) is 0 Å². The molecule has 1 spiro atoms. The molecule has 3 nitrogen and oxygen atoms in total. The standard InChI is InChI=1S/C12H19N3S.ClH/c1-4-13-5-2-12(1)3-7-15(10-12)9-11-14-6-8-16-11;/h6,8,13H,1-5,7,9-10H2;1H. The van der Waals surface area contributed by atoms with Crippen molar-refractivity contribution in [3.8, 4) is 0 Å². The third kappa shape index (κ3) is 2.99. The van der Waals surface area contributed by atoms with Gasteiger partial charge in [0, 0.05) is 18.1 Å². The van der Waals surface area contributed by atoms with Crippen molar-refractivity contribution in [2.45, 2.75) is 25.8 Å². The van der Waals surface area contributed by atoms with Gasteiger partial charge >= 0.3 is 0 Å². The van der Waals surface area contributed by atoms with Gasteiger partial charge in [-0.3, -0.25) is 4.90 Å². The van der Waals surface area contributed by atoms with Crippen molar-refractivity contribution in [2.75, 3.05) is 26.2 Å². The molecule has 17 heavy (non-hydrogen) atoms. The third-order valence-corrected chi connectivity index (χ3v) is 4.79. The van der Waals surface area contributed by atoms with Crippen LogP contribution in [0.2, 0.25) is 0 Å². The highest BCUT2D eigenvalue weighted by atomic mass is 35.5. The first-order chi connectivity index (χ1) is 7.86. The average Bonchev–Trinajstić information content (AvgIpc) is 2.92. The number of halogens is 1. The Labute approximate surface area is 113 Å². The van der Waals surface area contributed by atoms with E-state index in [1.165, 1.54) is 50.4 Å². The molecule has 3 heterocycles. The van der Waals surface area contributed by atoms with Gasteiger partial charge in [0.25, 0.3) is 0 Å². The molecule has 2 aliphatic heterocycles. The van der Waals surface area contributed by atoms with Crippen LogP contribution in [0.25, 0.3) is 0 Å². The molecule has 1 aromatic rings. The molecular formula is C12H20ClN3S. The summed E-state index contributed by atoms with van der Waals surface area (Å²) in [6.45, 7) is 6.04. The summed E-state index contributed by atoms with van der Waals surface area (Å²) < 4.78 is 0. The first-order valence-corrected chi connectivity index (χ1v) is 7.06. The van der Waals surface area contributed by atoms with Crippen molar-refractivity contribution >= 4 is 23.7 Å². The Bertz CT molecular complexity index is 336. The molecule has 0 atom stereocenters. The molecule has 2 aliphatic rings. The van der Waals surface area contributed by atoms with E-state index in [1.54, 1.807) is 11.3 Å². The van der Waals surface area contributed by atoms with Gasteiger partial charge in [-0.05, 0) is 44.3 Å². The van der Waals surface area contributed by atoms with Gasteiger partial charge < -0.3 is 5.32 Å². The molecule has 0 amide bonds. The lowest BCUT2D eigenvalue weighted by Crippen LogP contribution is -2.38. The van der Waals surface area contributed by atoms with E-state index in [4.69, 9.17) is 0 Å². The van der Waals surface area contributed by atoms with E-state index in [0.29, 0.717) is 5.41 Å². The summed E-state index contributed by atoms with van der Waals surface area (Å²) in [6.07, 6.45) is 6.03. The van der Waals surface area contributed by atoms with Crippen LogP contribution in [-0.2, 0) is 6.54 Å². The SMILES string of the molecule is Cl.c1csc(CN2CCC3(CCNCC3)C2)n1. The number of nitrogens with one attached hydrogen (secondary N) is 1. The zero-order valence-electron chi connectivity index (χ0n) is 10.0. The lowest BCUT2D eigenvalue weighted by atomic mass is 9.78. The average molecular weight is 274 g/mol. The lowest BCUT2D eigenvalue weighted by molar-refractivity contribution is 0.194. The molecule has 3 rings (SSSR count). The van der Waals surface area contributed by atoms with Crippen LogP contribution in [0.3, 0.4) is 0 Å². The molecule has 2 fully saturated rings. The van der Waals surface area contributed by atoms with Crippen LogP contribution in [0.4, 0.5) is 0 Å². The van der Waals surface area contributed by atoms with E-state index >= 15 is 0 Å². The van der Waals surface area contributed by atoms with E-state index in [1.807, 2.05) is 6.20 Å². The Kier molecular flexibility index (Phi) is 4.42.